The first-order valence-corrected chi connectivity index (χ1v) is 11.3. The van der Waals surface area contributed by atoms with E-state index >= 15 is 0 Å². The van der Waals surface area contributed by atoms with E-state index in [0.29, 0.717) is 0 Å². The smallest absolute Gasteiger partial charge is 0.0809 e. The molecular weight excluding hydrogens is 479 g/mol. The molecule has 0 nitrogen and oxygen atoms in total. The summed E-state index contributed by atoms with van der Waals surface area (Å²) in [6.07, 6.45) is 1.05. The fourth-order valence-corrected chi connectivity index (χ4v) is 3.44. The molecular formula is C25H22Hf. The van der Waals surface area contributed by atoms with Crippen LogP contribution in [0.2, 0.25) is 0 Å². The average Bonchev–Trinajstić information content (AvgIpc) is 3.27. The van der Waals surface area contributed by atoms with Crippen molar-refractivity contribution < 1.29 is 23.9 Å². The molecule has 5 rings (SSSR count). The number of hydrogen-bond acceptors (Lipinski definition) is 0. The first kappa shape index (κ1) is 18.8. The van der Waals surface area contributed by atoms with Crippen LogP contribution in [0.25, 0.3) is 21.9 Å². The molecule has 0 bridgehead atoms. The molecule has 0 radical (unpaired) electrons. The van der Waals surface area contributed by atoms with Crippen LogP contribution in [-0.4, -0.2) is 4.26 Å². The van der Waals surface area contributed by atoms with Crippen molar-refractivity contribution in [3.63, 3.8) is 0 Å². The predicted molar refractivity (Wildman–Crippen MR) is 110 cm³/mol. The van der Waals surface area contributed by atoms with Gasteiger partial charge >= 0.3 is 28.2 Å². The molecule has 0 aromatic heterocycles. The summed E-state index contributed by atoms with van der Waals surface area (Å²) in [4.78, 5) is 0. The van der Waals surface area contributed by atoms with Crippen molar-refractivity contribution in [1.82, 2.24) is 0 Å². The van der Waals surface area contributed by atoms with Crippen molar-refractivity contribution in [1.29, 1.82) is 0 Å². The summed E-state index contributed by atoms with van der Waals surface area (Å²) < 4.78 is 3.39. The number of hydrogen-bond donors (Lipinski definition) is 0. The molecule has 0 atom stereocenters. The van der Waals surface area contributed by atoms with Gasteiger partial charge in [0.25, 0.3) is 0 Å². The molecule has 1 heteroatoms. The van der Waals surface area contributed by atoms with Crippen LogP contribution in [0.5, 0.6) is 0 Å². The minimum Gasteiger partial charge on any atom is -0.168 e. The zero-order valence-electron chi connectivity index (χ0n) is 15.3. The summed E-state index contributed by atoms with van der Waals surface area (Å²) >= 11 is 1.06. The second kappa shape index (κ2) is 8.60. The Kier molecular flexibility index (Phi) is 6.21. The van der Waals surface area contributed by atoms with Crippen molar-refractivity contribution in [3.05, 3.63) is 101 Å². The Morgan fingerprint density at radius 3 is 2.50 bits per heavy atom. The molecule has 0 N–H and O–H groups in total. The normalized spacial score (nSPS) is 10.9. The van der Waals surface area contributed by atoms with E-state index in [2.05, 4.69) is 97.0 Å². The predicted octanol–water partition coefficient (Wildman–Crippen LogP) is 6.20. The van der Waals surface area contributed by atoms with Crippen LogP contribution in [0.1, 0.15) is 22.3 Å². The molecule has 0 saturated heterocycles. The SMILES string of the molecule is Cc1[c-]c2c(cc1)-c1ccc(C)cc1C2.[CH2]=[Hf+2].c1ccc2[cH-]ccc2c1. The molecule has 0 amide bonds. The molecule has 0 aliphatic heterocycles. The van der Waals surface area contributed by atoms with Gasteiger partial charge in [-0.15, -0.1) is 40.8 Å². The van der Waals surface area contributed by atoms with Crippen LogP contribution < -0.4 is 0 Å². The molecule has 126 valence electrons. The van der Waals surface area contributed by atoms with E-state index in [1.54, 1.807) is 0 Å². The van der Waals surface area contributed by atoms with Crippen molar-refractivity contribution in [2.75, 3.05) is 0 Å². The summed E-state index contributed by atoms with van der Waals surface area (Å²) in [5, 5.41) is 2.66. The van der Waals surface area contributed by atoms with Crippen LogP contribution in [-0.2, 0) is 30.3 Å². The van der Waals surface area contributed by atoms with Crippen molar-refractivity contribution in [3.8, 4) is 11.1 Å². The zero-order chi connectivity index (χ0) is 18.5. The van der Waals surface area contributed by atoms with Crippen LogP contribution in [0.3, 0.4) is 0 Å². The summed E-state index contributed by atoms with van der Waals surface area (Å²) in [6.45, 7) is 4.26. The maximum Gasteiger partial charge on any atom is -0.0809 e. The van der Waals surface area contributed by atoms with E-state index in [4.69, 9.17) is 0 Å². The van der Waals surface area contributed by atoms with Gasteiger partial charge < -0.3 is 0 Å². The van der Waals surface area contributed by atoms with Gasteiger partial charge in [0.15, 0.2) is 0 Å². The molecule has 4 aromatic carbocycles. The fourth-order valence-electron chi connectivity index (χ4n) is 3.44. The summed E-state index contributed by atoms with van der Waals surface area (Å²) in [5.41, 5.74) is 8.15. The van der Waals surface area contributed by atoms with Gasteiger partial charge in [-0.05, 0) is 18.9 Å². The van der Waals surface area contributed by atoms with E-state index in [1.165, 1.54) is 44.2 Å². The van der Waals surface area contributed by atoms with E-state index in [9.17, 15) is 0 Å². The van der Waals surface area contributed by atoms with Crippen molar-refractivity contribution in [2.45, 2.75) is 20.3 Å². The summed E-state index contributed by atoms with van der Waals surface area (Å²) in [7, 11) is 0. The van der Waals surface area contributed by atoms with E-state index < -0.39 is 0 Å². The van der Waals surface area contributed by atoms with Gasteiger partial charge in [-0.2, -0.15) is 41.3 Å². The Labute approximate surface area is 170 Å². The van der Waals surface area contributed by atoms with Crippen LogP contribution in [0, 0.1) is 19.9 Å². The molecule has 0 unspecified atom stereocenters. The van der Waals surface area contributed by atoms with E-state index in [1.807, 2.05) is 0 Å². The molecule has 0 saturated carbocycles. The van der Waals surface area contributed by atoms with Crippen molar-refractivity contribution in [2.24, 2.45) is 0 Å². The number of rotatable bonds is 0. The second-order valence-corrected chi connectivity index (χ2v) is 6.53. The molecule has 26 heavy (non-hydrogen) atoms. The fraction of sp³-hybridized carbons (Fsp3) is 0.120. The number of fused-ring (bicyclic) bond motifs is 4. The zero-order valence-corrected chi connectivity index (χ0v) is 18.9. The molecule has 1 aliphatic carbocycles. The summed E-state index contributed by atoms with van der Waals surface area (Å²) in [6, 6.07) is 29.2. The third kappa shape index (κ3) is 4.04. The number of aryl methyl sites for hydroxylation is 2. The van der Waals surface area contributed by atoms with Gasteiger partial charge in [-0.3, -0.25) is 0 Å². The Bertz CT molecular complexity index is 944. The topological polar surface area (TPSA) is 0 Å². The summed E-state index contributed by atoms with van der Waals surface area (Å²) in [5.74, 6) is 0. The van der Waals surface area contributed by atoms with Gasteiger partial charge in [-0.25, -0.2) is 0 Å². The van der Waals surface area contributed by atoms with Crippen LogP contribution >= 0.6 is 0 Å². The Balaban J connectivity index is 0.000000152. The van der Waals surface area contributed by atoms with Gasteiger partial charge in [0.1, 0.15) is 0 Å². The third-order valence-electron chi connectivity index (χ3n) is 4.64. The minimum atomic E-state index is 1.05. The second-order valence-electron chi connectivity index (χ2n) is 6.53. The first-order chi connectivity index (χ1) is 12.7. The van der Waals surface area contributed by atoms with E-state index in [0.717, 1.165) is 30.3 Å². The maximum absolute atomic E-state index is 3.45. The van der Waals surface area contributed by atoms with Gasteiger partial charge in [0.2, 0.25) is 0 Å². The quantitative estimate of drug-likeness (QED) is 0.175. The molecule has 0 spiro atoms. The van der Waals surface area contributed by atoms with Gasteiger partial charge in [0.05, 0.1) is 0 Å². The van der Waals surface area contributed by atoms with E-state index in [-0.39, 0.29) is 0 Å². The Morgan fingerprint density at radius 2 is 1.69 bits per heavy atom. The number of benzene rings is 3. The van der Waals surface area contributed by atoms with Crippen LogP contribution in [0.4, 0.5) is 0 Å². The van der Waals surface area contributed by atoms with Crippen molar-refractivity contribution >= 4 is 15.0 Å². The monoisotopic (exact) mass is 502 g/mol. The standard InChI is InChI=1S/C15H13.C9H7.CH2.Hf/c1-10-3-5-14-12(7-10)9-13-8-11(2)4-6-15(13)14;1-2-5-9-7-3-6-8(9)4-1;;/h3-7H,9H2,1-2H3;1-7H;1H2;/q2*-1;;+2. The molecule has 4 aromatic rings. The maximum atomic E-state index is 3.45. The largest absolute Gasteiger partial charge is 0.168 e. The Morgan fingerprint density at radius 1 is 0.923 bits per heavy atom. The Hall–Kier alpha value is -1.99. The van der Waals surface area contributed by atoms with Gasteiger partial charge in [-0.1, -0.05) is 42.3 Å². The average molecular weight is 501 g/mol. The van der Waals surface area contributed by atoms with Crippen LogP contribution in [0.15, 0.2) is 72.8 Å². The molecule has 1 aliphatic rings. The third-order valence-corrected chi connectivity index (χ3v) is 4.64. The van der Waals surface area contributed by atoms with Gasteiger partial charge in [0, 0.05) is 0 Å². The molecule has 0 fully saturated rings. The first-order valence-electron chi connectivity index (χ1n) is 8.78. The molecule has 0 heterocycles. The minimum absolute atomic E-state index is 1.05.